The lowest BCUT2D eigenvalue weighted by Gasteiger charge is -2.10. The number of hydrogen-bond acceptors (Lipinski definition) is 5. The molecule has 0 aliphatic heterocycles. The maximum absolute atomic E-state index is 12.0. The summed E-state index contributed by atoms with van der Waals surface area (Å²) >= 11 is 0. The Morgan fingerprint density at radius 1 is 0.893 bits per heavy atom. The van der Waals surface area contributed by atoms with Crippen LogP contribution in [0.25, 0.3) is 0 Å². The third-order valence-corrected chi connectivity index (χ3v) is 3.91. The first-order chi connectivity index (χ1) is 13.6. The van der Waals surface area contributed by atoms with Gasteiger partial charge in [-0.15, -0.1) is 0 Å². The fourth-order valence-electron chi connectivity index (χ4n) is 2.43. The average Bonchev–Trinajstić information content (AvgIpc) is 2.74. The van der Waals surface area contributed by atoms with Crippen molar-refractivity contribution in [2.24, 2.45) is 5.10 Å². The van der Waals surface area contributed by atoms with E-state index in [2.05, 4.69) is 10.5 Å². The van der Waals surface area contributed by atoms with E-state index in [1.807, 2.05) is 24.3 Å². The lowest BCUT2D eigenvalue weighted by atomic mass is 10.1. The molecular weight excluding hydrogens is 356 g/mol. The number of hydrazone groups is 1. The molecule has 1 amide bonds. The minimum Gasteiger partial charge on any atom is -0.545 e. The largest absolute Gasteiger partial charge is 0.545 e. The first kappa shape index (κ1) is 18.8. The van der Waals surface area contributed by atoms with Crippen molar-refractivity contribution in [1.29, 1.82) is 0 Å². The quantitative estimate of drug-likeness (QED) is 0.509. The molecule has 28 heavy (non-hydrogen) atoms. The Balaban J connectivity index is 1.62. The van der Waals surface area contributed by atoms with Gasteiger partial charge in [-0.1, -0.05) is 54.6 Å². The smallest absolute Gasteiger partial charge is 0.271 e. The summed E-state index contributed by atoms with van der Waals surface area (Å²) < 4.78 is 5.80. The van der Waals surface area contributed by atoms with E-state index in [0.717, 1.165) is 5.56 Å². The van der Waals surface area contributed by atoms with Gasteiger partial charge in [0.05, 0.1) is 12.2 Å². The number of aromatic carboxylic acids is 1. The number of nitrogens with one attached hydrogen (secondary N) is 1. The predicted molar refractivity (Wildman–Crippen MR) is 103 cm³/mol. The van der Waals surface area contributed by atoms with Gasteiger partial charge in [0.2, 0.25) is 0 Å². The van der Waals surface area contributed by atoms with Crippen LogP contribution >= 0.6 is 0 Å². The first-order valence-corrected chi connectivity index (χ1v) is 8.54. The Morgan fingerprint density at radius 3 is 2.29 bits per heavy atom. The van der Waals surface area contributed by atoms with Crippen molar-refractivity contribution in [3.05, 3.63) is 101 Å². The number of para-hydroxylation sites is 1. The molecule has 6 nitrogen and oxygen atoms in total. The highest BCUT2D eigenvalue weighted by Crippen LogP contribution is 2.18. The molecule has 0 heterocycles. The van der Waals surface area contributed by atoms with Crippen molar-refractivity contribution in [3.8, 4) is 5.75 Å². The molecule has 0 saturated carbocycles. The van der Waals surface area contributed by atoms with Gasteiger partial charge in [-0.3, -0.25) is 4.79 Å². The van der Waals surface area contributed by atoms with Crippen LogP contribution in [0.5, 0.6) is 5.75 Å². The lowest BCUT2D eigenvalue weighted by Crippen LogP contribution is -2.22. The fraction of sp³-hybridized carbons (Fsp3) is 0.0455. The number of hydrogen-bond donors (Lipinski definition) is 1. The highest BCUT2D eigenvalue weighted by atomic mass is 16.5. The number of rotatable bonds is 7. The van der Waals surface area contributed by atoms with E-state index in [0.29, 0.717) is 16.9 Å². The van der Waals surface area contributed by atoms with E-state index in [1.165, 1.54) is 18.3 Å². The van der Waals surface area contributed by atoms with Gasteiger partial charge in [-0.25, -0.2) is 5.43 Å². The normalized spacial score (nSPS) is 10.6. The molecule has 1 N–H and O–H groups in total. The molecule has 6 heteroatoms. The van der Waals surface area contributed by atoms with Crippen molar-refractivity contribution in [3.63, 3.8) is 0 Å². The maximum atomic E-state index is 12.0. The highest BCUT2D eigenvalue weighted by molar-refractivity contribution is 5.95. The van der Waals surface area contributed by atoms with Crippen LogP contribution in [0, 0.1) is 0 Å². The fourth-order valence-corrected chi connectivity index (χ4v) is 2.43. The Bertz CT molecular complexity index is 983. The van der Waals surface area contributed by atoms with Gasteiger partial charge in [0.15, 0.2) is 0 Å². The molecule has 0 aliphatic carbocycles. The first-order valence-electron chi connectivity index (χ1n) is 8.54. The Hall–Kier alpha value is -3.93. The van der Waals surface area contributed by atoms with Crippen molar-refractivity contribution < 1.29 is 19.4 Å². The van der Waals surface area contributed by atoms with Gasteiger partial charge < -0.3 is 14.6 Å². The summed E-state index contributed by atoms with van der Waals surface area (Å²) in [5.74, 6) is -0.931. The van der Waals surface area contributed by atoms with E-state index in [4.69, 9.17) is 4.74 Å². The Morgan fingerprint density at radius 2 is 1.57 bits per heavy atom. The molecule has 3 aromatic rings. The minimum atomic E-state index is -1.22. The second kappa shape index (κ2) is 9.14. The second-order valence-corrected chi connectivity index (χ2v) is 5.88. The van der Waals surface area contributed by atoms with Crippen LogP contribution in [-0.4, -0.2) is 18.1 Å². The van der Waals surface area contributed by atoms with E-state index in [-0.39, 0.29) is 18.1 Å². The predicted octanol–water partition coefficient (Wildman–Crippen LogP) is 2.39. The van der Waals surface area contributed by atoms with Crippen LogP contribution in [0.2, 0.25) is 0 Å². The summed E-state index contributed by atoms with van der Waals surface area (Å²) in [5.41, 5.74) is 4.62. The molecule has 0 spiro atoms. The zero-order valence-corrected chi connectivity index (χ0v) is 14.9. The van der Waals surface area contributed by atoms with Gasteiger partial charge in [-0.05, 0) is 35.4 Å². The zero-order valence-electron chi connectivity index (χ0n) is 14.9. The molecule has 0 unspecified atom stereocenters. The number of benzene rings is 3. The topological polar surface area (TPSA) is 90.8 Å². The lowest BCUT2D eigenvalue weighted by molar-refractivity contribution is -0.255. The van der Waals surface area contributed by atoms with E-state index < -0.39 is 5.97 Å². The summed E-state index contributed by atoms with van der Waals surface area (Å²) in [6, 6.07) is 22.3. The van der Waals surface area contributed by atoms with Crippen molar-refractivity contribution in [1.82, 2.24) is 5.43 Å². The van der Waals surface area contributed by atoms with Crippen LogP contribution in [-0.2, 0) is 6.61 Å². The second-order valence-electron chi connectivity index (χ2n) is 5.88. The van der Waals surface area contributed by atoms with Crippen LogP contribution in [0.1, 0.15) is 31.8 Å². The molecule has 0 saturated heterocycles. The third-order valence-electron chi connectivity index (χ3n) is 3.91. The molecule has 3 aromatic carbocycles. The monoisotopic (exact) mass is 373 g/mol. The van der Waals surface area contributed by atoms with E-state index in [1.54, 1.807) is 42.5 Å². The molecule has 0 fully saturated rings. The number of carbonyl (C=O) groups is 2. The molecule has 0 aromatic heterocycles. The van der Waals surface area contributed by atoms with Gasteiger partial charge in [0.25, 0.3) is 5.91 Å². The number of carbonyl (C=O) groups excluding carboxylic acids is 2. The summed E-state index contributed by atoms with van der Waals surface area (Å²) in [4.78, 5) is 22.8. The van der Waals surface area contributed by atoms with Gasteiger partial charge in [0, 0.05) is 11.1 Å². The summed E-state index contributed by atoms with van der Waals surface area (Å²) in [6.07, 6.45) is 1.51. The molecular formula is C22H17N2O4-. The highest BCUT2D eigenvalue weighted by Gasteiger charge is 2.04. The van der Waals surface area contributed by atoms with Crippen LogP contribution < -0.4 is 15.3 Å². The van der Waals surface area contributed by atoms with Gasteiger partial charge >= 0.3 is 0 Å². The molecule has 3 rings (SSSR count). The van der Waals surface area contributed by atoms with Crippen LogP contribution in [0.3, 0.4) is 0 Å². The van der Waals surface area contributed by atoms with Gasteiger partial charge in [0.1, 0.15) is 12.4 Å². The van der Waals surface area contributed by atoms with E-state index >= 15 is 0 Å². The average molecular weight is 373 g/mol. The minimum absolute atomic E-state index is 0.116. The Labute approximate surface area is 162 Å². The van der Waals surface area contributed by atoms with Crippen molar-refractivity contribution in [2.45, 2.75) is 6.61 Å². The number of nitrogens with zero attached hydrogens (tertiary/aromatic N) is 1. The van der Waals surface area contributed by atoms with Crippen LogP contribution in [0.15, 0.2) is 84.0 Å². The van der Waals surface area contributed by atoms with Crippen LogP contribution in [0.4, 0.5) is 0 Å². The molecule has 0 bridgehead atoms. The van der Waals surface area contributed by atoms with E-state index in [9.17, 15) is 14.7 Å². The molecule has 0 atom stereocenters. The number of amides is 1. The standard InChI is InChI=1S/C22H18N2O4/c25-21(17-6-2-1-3-7-17)24-23-14-19-8-4-5-9-20(19)28-15-16-10-12-18(13-11-16)22(26)27/h1-14H,15H2,(H,24,25)(H,26,27)/p-1/b23-14-. The number of carboxylic acids is 1. The maximum Gasteiger partial charge on any atom is 0.271 e. The SMILES string of the molecule is O=C([O-])c1ccc(COc2ccccc2/C=N\NC(=O)c2ccccc2)cc1. The summed E-state index contributed by atoms with van der Waals surface area (Å²) in [7, 11) is 0. The zero-order chi connectivity index (χ0) is 19.8. The van der Waals surface area contributed by atoms with Crippen molar-refractivity contribution >= 4 is 18.1 Å². The summed E-state index contributed by atoms with van der Waals surface area (Å²) in [5, 5.41) is 14.8. The van der Waals surface area contributed by atoms with Crippen molar-refractivity contribution in [2.75, 3.05) is 0 Å². The van der Waals surface area contributed by atoms with Gasteiger partial charge in [-0.2, -0.15) is 5.10 Å². The third kappa shape index (κ3) is 5.04. The Kier molecular flexibility index (Phi) is 6.15. The summed E-state index contributed by atoms with van der Waals surface area (Å²) in [6.45, 7) is 0.258. The number of carboxylic acid groups (broad SMARTS) is 1. The molecule has 0 aliphatic rings. The number of ether oxygens (including phenoxy) is 1. The molecule has 140 valence electrons. The molecule has 0 radical (unpaired) electrons.